The van der Waals surface area contributed by atoms with Crippen molar-refractivity contribution in [1.82, 2.24) is 10.2 Å². The van der Waals surface area contributed by atoms with Crippen LogP contribution in [0.5, 0.6) is 11.5 Å². The van der Waals surface area contributed by atoms with E-state index in [2.05, 4.69) is 11.4 Å². The van der Waals surface area contributed by atoms with Gasteiger partial charge in [0.25, 0.3) is 0 Å². The molecule has 8 nitrogen and oxygen atoms in total. The van der Waals surface area contributed by atoms with Gasteiger partial charge < -0.3 is 19.5 Å². The van der Waals surface area contributed by atoms with Gasteiger partial charge in [0, 0.05) is 12.6 Å². The summed E-state index contributed by atoms with van der Waals surface area (Å²) in [5.41, 5.74) is 0.126. The minimum Gasteiger partial charge on any atom is -0.493 e. The molecular formula is C19H23N3O5. The van der Waals surface area contributed by atoms with E-state index in [-0.39, 0.29) is 29.6 Å². The second-order valence-electron chi connectivity index (χ2n) is 6.79. The zero-order valence-electron chi connectivity index (χ0n) is 15.2. The summed E-state index contributed by atoms with van der Waals surface area (Å²) in [5, 5.41) is 21.5. The standard InChI is InChI=1S/C19H23N3O5/c1-26-17-9-12(19(24)25)4-7-16(17)27-11-13-5-6-15(21-13)18(23)22-8-2-3-14(22)10-20/h4,7,9,13-15,21H,2-3,5-6,8,11H2,1H3,(H,24,25). The van der Waals surface area contributed by atoms with Crippen LogP contribution in [0.3, 0.4) is 0 Å². The molecule has 0 bridgehead atoms. The van der Waals surface area contributed by atoms with Gasteiger partial charge in [-0.3, -0.25) is 10.1 Å². The minimum atomic E-state index is -1.03. The number of hydrogen-bond acceptors (Lipinski definition) is 6. The van der Waals surface area contributed by atoms with E-state index in [1.807, 2.05) is 0 Å². The Morgan fingerprint density at radius 2 is 2.15 bits per heavy atom. The first-order valence-electron chi connectivity index (χ1n) is 9.03. The lowest BCUT2D eigenvalue weighted by Crippen LogP contribution is -2.47. The molecule has 0 aromatic heterocycles. The highest BCUT2D eigenvalue weighted by Gasteiger charge is 2.37. The zero-order valence-corrected chi connectivity index (χ0v) is 15.2. The lowest BCUT2D eigenvalue weighted by Gasteiger charge is -2.24. The number of nitrogens with zero attached hydrogens (tertiary/aromatic N) is 2. The molecule has 1 aromatic rings. The van der Waals surface area contributed by atoms with Crippen molar-refractivity contribution >= 4 is 11.9 Å². The Kier molecular flexibility index (Phi) is 5.81. The van der Waals surface area contributed by atoms with Crippen molar-refractivity contribution in [3.8, 4) is 17.6 Å². The van der Waals surface area contributed by atoms with Crippen molar-refractivity contribution in [2.24, 2.45) is 0 Å². The van der Waals surface area contributed by atoms with Crippen LogP contribution in [0.15, 0.2) is 18.2 Å². The van der Waals surface area contributed by atoms with Crippen LogP contribution in [0.4, 0.5) is 0 Å². The molecule has 2 saturated heterocycles. The van der Waals surface area contributed by atoms with Gasteiger partial charge in [-0.1, -0.05) is 0 Å². The van der Waals surface area contributed by atoms with Crippen LogP contribution >= 0.6 is 0 Å². The number of nitrogens with one attached hydrogen (secondary N) is 1. The van der Waals surface area contributed by atoms with Crippen molar-refractivity contribution in [1.29, 1.82) is 5.26 Å². The summed E-state index contributed by atoms with van der Waals surface area (Å²) in [4.78, 5) is 25.3. The molecule has 0 spiro atoms. The number of likely N-dealkylation sites (tertiary alicyclic amines) is 1. The molecule has 0 aliphatic carbocycles. The van der Waals surface area contributed by atoms with Gasteiger partial charge in [-0.15, -0.1) is 0 Å². The van der Waals surface area contributed by atoms with Crippen LogP contribution in [-0.2, 0) is 4.79 Å². The molecule has 2 fully saturated rings. The first-order valence-corrected chi connectivity index (χ1v) is 9.03. The van der Waals surface area contributed by atoms with Crippen molar-refractivity contribution in [3.05, 3.63) is 23.8 Å². The fraction of sp³-hybridized carbons (Fsp3) is 0.526. The third kappa shape index (κ3) is 4.14. The molecule has 27 heavy (non-hydrogen) atoms. The largest absolute Gasteiger partial charge is 0.493 e. The van der Waals surface area contributed by atoms with Gasteiger partial charge in [-0.05, 0) is 43.9 Å². The van der Waals surface area contributed by atoms with Gasteiger partial charge in [0.1, 0.15) is 12.6 Å². The molecule has 2 heterocycles. The molecule has 3 atom stereocenters. The average Bonchev–Trinajstić information content (AvgIpc) is 3.34. The van der Waals surface area contributed by atoms with E-state index in [9.17, 15) is 9.59 Å². The van der Waals surface area contributed by atoms with E-state index in [0.29, 0.717) is 31.1 Å². The summed E-state index contributed by atoms with van der Waals surface area (Å²) in [7, 11) is 1.46. The van der Waals surface area contributed by atoms with Crippen LogP contribution in [0.25, 0.3) is 0 Å². The number of carbonyl (C=O) groups is 2. The Bertz CT molecular complexity index is 760. The molecule has 1 amide bonds. The maximum absolute atomic E-state index is 12.6. The highest BCUT2D eigenvalue weighted by atomic mass is 16.5. The smallest absolute Gasteiger partial charge is 0.335 e. The summed E-state index contributed by atoms with van der Waals surface area (Å²) in [6.07, 6.45) is 3.11. The first-order chi connectivity index (χ1) is 13.0. The molecule has 0 saturated carbocycles. The van der Waals surface area contributed by atoms with Gasteiger partial charge in [0.15, 0.2) is 11.5 Å². The molecule has 2 aliphatic heterocycles. The van der Waals surface area contributed by atoms with Crippen LogP contribution in [-0.4, -0.2) is 60.3 Å². The monoisotopic (exact) mass is 373 g/mol. The van der Waals surface area contributed by atoms with Crippen molar-refractivity contribution < 1.29 is 24.2 Å². The number of aromatic carboxylic acids is 1. The van der Waals surface area contributed by atoms with Gasteiger partial charge in [0.05, 0.1) is 24.8 Å². The zero-order chi connectivity index (χ0) is 19.4. The number of nitriles is 1. The van der Waals surface area contributed by atoms with E-state index >= 15 is 0 Å². The number of benzene rings is 1. The van der Waals surface area contributed by atoms with Gasteiger partial charge in [-0.25, -0.2) is 4.79 Å². The van der Waals surface area contributed by atoms with E-state index in [1.54, 1.807) is 11.0 Å². The number of carboxylic acids is 1. The van der Waals surface area contributed by atoms with Gasteiger partial charge in [0.2, 0.25) is 5.91 Å². The number of methoxy groups -OCH3 is 1. The Morgan fingerprint density at radius 1 is 1.33 bits per heavy atom. The number of hydrogen-bond donors (Lipinski definition) is 2. The fourth-order valence-electron chi connectivity index (χ4n) is 3.62. The van der Waals surface area contributed by atoms with Crippen LogP contribution in [0, 0.1) is 11.3 Å². The number of carbonyl (C=O) groups excluding carboxylic acids is 1. The second kappa shape index (κ2) is 8.27. The molecule has 144 valence electrons. The molecular weight excluding hydrogens is 350 g/mol. The first kappa shape index (κ1) is 19.0. The Hall–Kier alpha value is -2.79. The normalized spacial score (nSPS) is 24.4. The molecule has 2 aliphatic rings. The van der Waals surface area contributed by atoms with Crippen LogP contribution in [0.2, 0.25) is 0 Å². The third-order valence-electron chi connectivity index (χ3n) is 5.07. The van der Waals surface area contributed by atoms with E-state index in [0.717, 1.165) is 19.3 Å². The third-order valence-corrected chi connectivity index (χ3v) is 5.07. The molecule has 3 unspecified atom stereocenters. The van der Waals surface area contributed by atoms with Crippen LogP contribution < -0.4 is 14.8 Å². The summed E-state index contributed by atoms with van der Waals surface area (Å²) in [6.45, 7) is 0.984. The molecule has 2 N–H and O–H groups in total. The summed E-state index contributed by atoms with van der Waals surface area (Å²) < 4.78 is 11.0. The number of carboxylic acid groups (broad SMARTS) is 1. The SMILES string of the molecule is COc1cc(C(=O)O)ccc1OCC1CCC(C(=O)N2CCCC2C#N)N1. The highest BCUT2D eigenvalue weighted by Crippen LogP contribution is 2.29. The van der Waals surface area contributed by atoms with E-state index < -0.39 is 5.97 Å². The maximum Gasteiger partial charge on any atom is 0.335 e. The van der Waals surface area contributed by atoms with Crippen LogP contribution in [0.1, 0.15) is 36.0 Å². The van der Waals surface area contributed by atoms with Crippen molar-refractivity contribution in [3.63, 3.8) is 0 Å². The summed E-state index contributed by atoms with van der Waals surface area (Å²) in [5.74, 6) is -0.223. The van der Waals surface area contributed by atoms with E-state index in [1.165, 1.54) is 19.2 Å². The Labute approximate surface area is 157 Å². The fourth-order valence-corrected chi connectivity index (χ4v) is 3.62. The summed E-state index contributed by atoms with van der Waals surface area (Å²) >= 11 is 0. The molecule has 8 heteroatoms. The molecule has 1 aromatic carbocycles. The quantitative estimate of drug-likeness (QED) is 0.775. The lowest BCUT2D eigenvalue weighted by atomic mass is 10.1. The summed E-state index contributed by atoms with van der Waals surface area (Å²) in [6, 6.07) is 6.05. The van der Waals surface area contributed by atoms with Crippen molar-refractivity contribution in [2.75, 3.05) is 20.3 Å². The predicted octanol–water partition coefficient (Wildman–Crippen LogP) is 1.41. The average molecular weight is 373 g/mol. The number of rotatable bonds is 6. The molecule has 3 rings (SSSR count). The maximum atomic E-state index is 12.6. The van der Waals surface area contributed by atoms with Crippen molar-refractivity contribution in [2.45, 2.75) is 43.8 Å². The predicted molar refractivity (Wildman–Crippen MR) is 95.7 cm³/mol. The highest BCUT2D eigenvalue weighted by molar-refractivity contribution is 5.88. The minimum absolute atomic E-state index is 0.00550. The Morgan fingerprint density at radius 3 is 2.85 bits per heavy atom. The number of amides is 1. The van der Waals surface area contributed by atoms with Gasteiger partial charge in [-0.2, -0.15) is 5.26 Å². The number of ether oxygens (including phenoxy) is 2. The second-order valence-corrected chi connectivity index (χ2v) is 6.79. The van der Waals surface area contributed by atoms with E-state index in [4.69, 9.17) is 19.8 Å². The Balaban J connectivity index is 1.55. The molecule has 0 radical (unpaired) electrons. The van der Waals surface area contributed by atoms with Gasteiger partial charge >= 0.3 is 5.97 Å². The topological polar surface area (TPSA) is 112 Å². The lowest BCUT2D eigenvalue weighted by molar-refractivity contribution is -0.133.